The molecule has 0 aromatic carbocycles. The van der Waals surface area contributed by atoms with Crippen LogP contribution in [0.15, 0.2) is 35.5 Å². The van der Waals surface area contributed by atoms with Crippen LogP contribution >= 0.6 is 15.9 Å². The van der Waals surface area contributed by atoms with Gasteiger partial charge in [-0.05, 0) is 28.1 Å². The first-order valence-corrected chi connectivity index (χ1v) is 5.58. The molecule has 1 N–H and O–H groups in total. The van der Waals surface area contributed by atoms with Crippen LogP contribution in [0.1, 0.15) is 10.5 Å². The lowest BCUT2D eigenvalue weighted by Crippen LogP contribution is -2.36. The third kappa shape index (κ3) is 3.99. The fourth-order valence-electron chi connectivity index (χ4n) is 1.23. The molecule has 90 valence electrons. The Morgan fingerprint density at radius 3 is 2.76 bits per heavy atom. The van der Waals surface area contributed by atoms with Gasteiger partial charge < -0.3 is 10.0 Å². The normalized spacial score (nSPS) is 9.71. The number of pyridine rings is 1. The number of rotatable bonds is 5. The number of carboxylic acid groups (broad SMARTS) is 1. The van der Waals surface area contributed by atoms with Crippen molar-refractivity contribution in [2.24, 2.45) is 0 Å². The molecule has 5 nitrogen and oxygen atoms in total. The van der Waals surface area contributed by atoms with Gasteiger partial charge in [0, 0.05) is 6.54 Å². The third-order valence-corrected chi connectivity index (χ3v) is 2.34. The summed E-state index contributed by atoms with van der Waals surface area (Å²) in [6, 6.07) is 4.88. The maximum Gasteiger partial charge on any atom is 0.323 e. The molecule has 1 rings (SSSR count). The highest BCUT2D eigenvalue weighted by molar-refractivity contribution is 9.10. The lowest BCUT2D eigenvalue weighted by atomic mass is 10.3. The Kier molecular flexibility index (Phi) is 4.84. The Labute approximate surface area is 107 Å². The van der Waals surface area contributed by atoms with Crippen LogP contribution in [0.2, 0.25) is 0 Å². The molecule has 0 fully saturated rings. The second-order valence-electron chi connectivity index (χ2n) is 3.21. The van der Waals surface area contributed by atoms with Crippen molar-refractivity contribution in [1.82, 2.24) is 9.88 Å². The zero-order chi connectivity index (χ0) is 12.8. The molecule has 0 saturated heterocycles. The first kappa shape index (κ1) is 13.4. The van der Waals surface area contributed by atoms with E-state index in [-0.39, 0.29) is 18.8 Å². The number of carbonyl (C=O) groups is 2. The van der Waals surface area contributed by atoms with Crippen molar-refractivity contribution in [3.05, 3.63) is 41.2 Å². The van der Waals surface area contributed by atoms with E-state index in [4.69, 9.17) is 5.11 Å². The van der Waals surface area contributed by atoms with Crippen molar-refractivity contribution < 1.29 is 14.7 Å². The van der Waals surface area contributed by atoms with Crippen LogP contribution in [0.5, 0.6) is 0 Å². The van der Waals surface area contributed by atoms with Gasteiger partial charge in [0.2, 0.25) is 0 Å². The van der Waals surface area contributed by atoms with E-state index in [1.54, 1.807) is 12.1 Å². The van der Waals surface area contributed by atoms with E-state index in [2.05, 4.69) is 27.5 Å². The minimum Gasteiger partial charge on any atom is -0.480 e. The largest absolute Gasteiger partial charge is 0.480 e. The molecule has 0 bridgehead atoms. The SMILES string of the molecule is C=CCN(CC(=O)O)C(=O)c1cccc(Br)n1. The van der Waals surface area contributed by atoms with E-state index in [1.807, 2.05) is 0 Å². The minimum absolute atomic E-state index is 0.166. The van der Waals surface area contributed by atoms with Gasteiger partial charge >= 0.3 is 5.97 Å². The van der Waals surface area contributed by atoms with Crippen molar-refractivity contribution in [2.75, 3.05) is 13.1 Å². The molecular weight excluding hydrogens is 288 g/mol. The zero-order valence-corrected chi connectivity index (χ0v) is 10.6. The van der Waals surface area contributed by atoms with Crippen LogP contribution < -0.4 is 0 Å². The molecule has 6 heteroatoms. The Bertz CT molecular complexity index is 448. The number of carbonyl (C=O) groups excluding carboxylic acids is 1. The maximum absolute atomic E-state index is 12.0. The van der Waals surface area contributed by atoms with Crippen LogP contribution in [-0.4, -0.2) is 40.0 Å². The molecule has 0 radical (unpaired) electrons. The summed E-state index contributed by atoms with van der Waals surface area (Å²) < 4.78 is 0.525. The van der Waals surface area contributed by atoms with Crippen LogP contribution in [0.4, 0.5) is 0 Å². The topological polar surface area (TPSA) is 70.5 Å². The Morgan fingerprint density at radius 1 is 1.53 bits per heavy atom. The number of hydrogen-bond acceptors (Lipinski definition) is 3. The number of carboxylic acids is 1. The van der Waals surface area contributed by atoms with Crippen molar-refractivity contribution in [1.29, 1.82) is 0 Å². The van der Waals surface area contributed by atoms with Gasteiger partial charge in [0.05, 0.1) is 0 Å². The van der Waals surface area contributed by atoms with Crippen molar-refractivity contribution in [3.63, 3.8) is 0 Å². The fourth-order valence-corrected chi connectivity index (χ4v) is 1.57. The number of amides is 1. The average Bonchev–Trinajstić information content (AvgIpc) is 2.27. The van der Waals surface area contributed by atoms with Gasteiger partial charge in [0.25, 0.3) is 5.91 Å². The molecule has 1 aromatic rings. The van der Waals surface area contributed by atoms with Crippen molar-refractivity contribution in [3.8, 4) is 0 Å². The lowest BCUT2D eigenvalue weighted by Gasteiger charge is -2.18. The quantitative estimate of drug-likeness (QED) is 0.661. The molecular formula is C11H11BrN2O3. The molecule has 1 aromatic heterocycles. The summed E-state index contributed by atoms with van der Waals surface area (Å²) in [5, 5.41) is 8.70. The predicted molar refractivity (Wildman–Crippen MR) is 65.7 cm³/mol. The van der Waals surface area contributed by atoms with Gasteiger partial charge in [-0.3, -0.25) is 9.59 Å². The fraction of sp³-hybridized carbons (Fsp3) is 0.182. The van der Waals surface area contributed by atoms with E-state index >= 15 is 0 Å². The number of hydrogen-bond donors (Lipinski definition) is 1. The molecule has 0 saturated carbocycles. The minimum atomic E-state index is -1.07. The average molecular weight is 299 g/mol. The third-order valence-electron chi connectivity index (χ3n) is 1.90. The summed E-state index contributed by atoms with van der Waals surface area (Å²) in [6.45, 7) is 3.27. The van der Waals surface area contributed by atoms with Gasteiger partial charge in [-0.2, -0.15) is 0 Å². The van der Waals surface area contributed by atoms with Gasteiger partial charge in [-0.15, -0.1) is 6.58 Å². The Morgan fingerprint density at radius 2 is 2.24 bits per heavy atom. The highest BCUT2D eigenvalue weighted by atomic mass is 79.9. The number of halogens is 1. The molecule has 0 unspecified atom stereocenters. The number of aromatic nitrogens is 1. The molecule has 0 aliphatic rings. The van der Waals surface area contributed by atoms with E-state index in [9.17, 15) is 9.59 Å². The maximum atomic E-state index is 12.0. The molecule has 0 aliphatic heterocycles. The summed E-state index contributed by atoms with van der Waals surface area (Å²) in [5.74, 6) is -1.51. The summed E-state index contributed by atoms with van der Waals surface area (Å²) in [5.41, 5.74) is 0.197. The van der Waals surface area contributed by atoms with E-state index in [1.165, 1.54) is 12.1 Å². The summed E-state index contributed by atoms with van der Waals surface area (Å²) in [7, 11) is 0. The van der Waals surface area contributed by atoms with Crippen molar-refractivity contribution >= 4 is 27.8 Å². The van der Waals surface area contributed by atoms with E-state index < -0.39 is 11.9 Å². The van der Waals surface area contributed by atoms with Crippen LogP contribution in [0, 0.1) is 0 Å². The van der Waals surface area contributed by atoms with Crippen LogP contribution in [-0.2, 0) is 4.79 Å². The first-order valence-electron chi connectivity index (χ1n) is 4.79. The molecule has 1 amide bonds. The molecule has 0 aliphatic carbocycles. The molecule has 1 heterocycles. The zero-order valence-electron chi connectivity index (χ0n) is 8.97. The van der Waals surface area contributed by atoms with E-state index in [0.717, 1.165) is 4.90 Å². The van der Waals surface area contributed by atoms with Crippen LogP contribution in [0.3, 0.4) is 0 Å². The standard InChI is InChI=1S/C11H11BrN2O3/c1-2-6-14(7-10(15)16)11(17)8-4-3-5-9(12)13-8/h2-5H,1,6-7H2,(H,15,16). The second-order valence-corrected chi connectivity index (χ2v) is 4.03. The van der Waals surface area contributed by atoms with Gasteiger partial charge in [0.1, 0.15) is 16.8 Å². The monoisotopic (exact) mass is 298 g/mol. The first-order chi connectivity index (χ1) is 8.04. The van der Waals surface area contributed by atoms with Gasteiger partial charge in [-0.1, -0.05) is 12.1 Å². The second kappa shape index (κ2) is 6.15. The Hall–Kier alpha value is -1.69. The summed E-state index contributed by atoms with van der Waals surface area (Å²) in [4.78, 5) is 27.7. The summed E-state index contributed by atoms with van der Waals surface area (Å²) >= 11 is 3.15. The lowest BCUT2D eigenvalue weighted by molar-refractivity contribution is -0.137. The number of nitrogens with zero attached hydrogens (tertiary/aromatic N) is 2. The smallest absolute Gasteiger partial charge is 0.323 e. The Balaban J connectivity index is 2.90. The highest BCUT2D eigenvalue weighted by Gasteiger charge is 2.18. The van der Waals surface area contributed by atoms with Gasteiger partial charge in [-0.25, -0.2) is 4.98 Å². The molecule has 0 atom stereocenters. The molecule has 17 heavy (non-hydrogen) atoms. The molecule has 0 spiro atoms. The van der Waals surface area contributed by atoms with Crippen LogP contribution in [0.25, 0.3) is 0 Å². The number of aliphatic carboxylic acids is 1. The van der Waals surface area contributed by atoms with Gasteiger partial charge in [0.15, 0.2) is 0 Å². The highest BCUT2D eigenvalue weighted by Crippen LogP contribution is 2.08. The predicted octanol–water partition coefficient (Wildman–Crippen LogP) is 1.56. The van der Waals surface area contributed by atoms with E-state index in [0.29, 0.717) is 4.60 Å². The summed E-state index contributed by atoms with van der Waals surface area (Å²) in [6.07, 6.45) is 1.47. The van der Waals surface area contributed by atoms with Crippen molar-refractivity contribution in [2.45, 2.75) is 0 Å².